The molecule has 1 aromatic carbocycles. The Balaban J connectivity index is 1.62. The highest BCUT2D eigenvalue weighted by Gasteiger charge is 2.19. The minimum Gasteiger partial charge on any atom is -0.314 e. The first-order valence-corrected chi connectivity index (χ1v) is 7.03. The molecule has 0 spiro atoms. The van der Waals surface area contributed by atoms with Crippen molar-refractivity contribution in [3.63, 3.8) is 0 Å². The summed E-state index contributed by atoms with van der Waals surface area (Å²) in [5.74, 6) is -2.40. The topological polar surface area (TPSA) is 12.0 Å². The van der Waals surface area contributed by atoms with E-state index in [1.54, 1.807) is 0 Å². The van der Waals surface area contributed by atoms with E-state index < -0.39 is 17.5 Å². The SMILES string of the molecule is Fc1cc(F)c(CCCCCCNC2CC2)c(F)c1. The second-order valence-corrected chi connectivity index (χ2v) is 5.24. The smallest absolute Gasteiger partial charge is 0.132 e. The van der Waals surface area contributed by atoms with Gasteiger partial charge in [-0.25, -0.2) is 13.2 Å². The number of benzene rings is 1. The van der Waals surface area contributed by atoms with E-state index >= 15 is 0 Å². The molecule has 1 aliphatic rings. The molecule has 0 heterocycles. The molecule has 1 aromatic rings. The van der Waals surface area contributed by atoms with Gasteiger partial charge < -0.3 is 5.32 Å². The van der Waals surface area contributed by atoms with Gasteiger partial charge in [-0.05, 0) is 38.6 Å². The molecule has 0 aromatic heterocycles. The Morgan fingerprint density at radius 1 is 0.947 bits per heavy atom. The molecular weight excluding hydrogens is 251 g/mol. The van der Waals surface area contributed by atoms with E-state index in [4.69, 9.17) is 0 Å². The van der Waals surface area contributed by atoms with Crippen LogP contribution in [-0.4, -0.2) is 12.6 Å². The third-order valence-corrected chi connectivity index (χ3v) is 3.47. The molecule has 1 N–H and O–H groups in total. The fourth-order valence-corrected chi connectivity index (χ4v) is 2.18. The Labute approximate surface area is 112 Å². The van der Waals surface area contributed by atoms with Crippen LogP contribution in [0.1, 0.15) is 44.1 Å². The van der Waals surface area contributed by atoms with Crippen LogP contribution in [0.5, 0.6) is 0 Å². The lowest BCUT2D eigenvalue weighted by Gasteiger charge is -2.06. The van der Waals surface area contributed by atoms with Crippen molar-refractivity contribution in [1.82, 2.24) is 5.32 Å². The van der Waals surface area contributed by atoms with Crippen molar-refractivity contribution in [3.8, 4) is 0 Å². The maximum Gasteiger partial charge on any atom is 0.132 e. The first-order chi connectivity index (χ1) is 9.16. The lowest BCUT2D eigenvalue weighted by Crippen LogP contribution is -2.17. The summed E-state index contributed by atoms with van der Waals surface area (Å²) < 4.78 is 39.4. The van der Waals surface area contributed by atoms with Gasteiger partial charge in [-0.15, -0.1) is 0 Å². The molecule has 0 radical (unpaired) electrons. The van der Waals surface area contributed by atoms with Crippen LogP contribution in [0.4, 0.5) is 13.2 Å². The van der Waals surface area contributed by atoms with Gasteiger partial charge in [0.2, 0.25) is 0 Å². The highest BCUT2D eigenvalue weighted by atomic mass is 19.1. The molecule has 106 valence electrons. The molecule has 2 rings (SSSR count). The zero-order valence-corrected chi connectivity index (χ0v) is 11.0. The summed E-state index contributed by atoms with van der Waals surface area (Å²) in [6.07, 6.45) is 6.78. The Bertz CT molecular complexity index is 393. The van der Waals surface area contributed by atoms with Crippen LogP contribution in [0.3, 0.4) is 0 Å². The van der Waals surface area contributed by atoms with Gasteiger partial charge in [0.1, 0.15) is 17.5 Å². The summed E-state index contributed by atoms with van der Waals surface area (Å²) in [6, 6.07) is 2.23. The number of unbranched alkanes of at least 4 members (excludes halogenated alkanes) is 3. The zero-order valence-electron chi connectivity index (χ0n) is 11.0. The number of rotatable bonds is 8. The van der Waals surface area contributed by atoms with Crippen LogP contribution in [0.25, 0.3) is 0 Å². The lowest BCUT2D eigenvalue weighted by atomic mass is 10.0. The summed E-state index contributed by atoms with van der Waals surface area (Å²) >= 11 is 0. The minimum atomic E-state index is -0.857. The minimum absolute atomic E-state index is 0.0116. The van der Waals surface area contributed by atoms with Gasteiger partial charge in [0.15, 0.2) is 0 Å². The van der Waals surface area contributed by atoms with E-state index in [9.17, 15) is 13.2 Å². The number of hydrogen-bond acceptors (Lipinski definition) is 1. The largest absolute Gasteiger partial charge is 0.314 e. The van der Waals surface area contributed by atoms with E-state index in [0.717, 1.165) is 50.4 Å². The molecule has 1 aliphatic carbocycles. The summed E-state index contributed by atoms with van der Waals surface area (Å²) in [7, 11) is 0. The second kappa shape index (κ2) is 6.94. The second-order valence-electron chi connectivity index (χ2n) is 5.24. The average molecular weight is 271 g/mol. The monoisotopic (exact) mass is 271 g/mol. The van der Waals surface area contributed by atoms with Gasteiger partial charge in [0, 0.05) is 23.7 Å². The van der Waals surface area contributed by atoms with Crippen molar-refractivity contribution < 1.29 is 13.2 Å². The van der Waals surface area contributed by atoms with Crippen LogP contribution < -0.4 is 5.32 Å². The molecule has 1 saturated carbocycles. The van der Waals surface area contributed by atoms with Gasteiger partial charge in [-0.3, -0.25) is 0 Å². The summed E-state index contributed by atoms with van der Waals surface area (Å²) in [5.41, 5.74) is 0.0116. The van der Waals surface area contributed by atoms with Crippen molar-refractivity contribution in [3.05, 3.63) is 35.1 Å². The highest BCUT2D eigenvalue weighted by Crippen LogP contribution is 2.19. The molecule has 0 amide bonds. The maximum absolute atomic E-state index is 13.3. The molecule has 0 aliphatic heterocycles. The predicted octanol–water partition coefficient (Wildman–Crippen LogP) is 3.96. The first kappa shape index (κ1) is 14.4. The van der Waals surface area contributed by atoms with E-state index in [1.165, 1.54) is 12.8 Å². The van der Waals surface area contributed by atoms with Crippen LogP contribution in [-0.2, 0) is 6.42 Å². The van der Waals surface area contributed by atoms with Gasteiger partial charge in [-0.1, -0.05) is 12.8 Å². The first-order valence-electron chi connectivity index (χ1n) is 7.03. The molecule has 4 heteroatoms. The third-order valence-electron chi connectivity index (χ3n) is 3.47. The van der Waals surface area contributed by atoms with E-state index in [2.05, 4.69) is 5.32 Å². The summed E-state index contributed by atoms with van der Waals surface area (Å²) in [4.78, 5) is 0. The molecule has 1 fully saturated rings. The number of halogens is 3. The summed E-state index contributed by atoms with van der Waals surface area (Å²) in [5, 5.41) is 3.43. The van der Waals surface area contributed by atoms with Gasteiger partial charge in [0.25, 0.3) is 0 Å². The molecule has 19 heavy (non-hydrogen) atoms. The third kappa shape index (κ3) is 4.86. The molecule has 0 saturated heterocycles. The average Bonchev–Trinajstić information content (AvgIpc) is 3.14. The molecule has 1 nitrogen and oxygen atoms in total. The van der Waals surface area contributed by atoms with Crippen LogP contribution in [0, 0.1) is 17.5 Å². The Morgan fingerprint density at radius 3 is 2.21 bits per heavy atom. The quantitative estimate of drug-likeness (QED) is 0.706. The fourth-order valence-electron chi connectivity index (χ4n) is 2.18. The highest BCUT2D eigenvalue weighted by molar-refractivity contribution is 5.20. The van der Waals surface area contributed by atoms with Crippen molar-refractivity contribution >= 4 is 0 Å². The zero-order chi connectivity index (χ0) is 13.7. The maximum atomic E-state index is 13.3. The van der Waals surface area contributed by atoms with Crippen molar-refractivity contribution in [2.24, 2.45) is 0 Å². The predicted molar refractivity (Wildman–Crippen MR) is 69.5 cm³/mol. The lowest BCUT2D eigenvalue weighted by molar-refractivity contribution is 0.513. The molecule has 0 atom stereocenters. The van der Waals surface area contributed by atoms with Crippen molar-refractivity contribution in [1.29, 1.82) is 0 Å². The van der Waals surface area contributed by atoms with Crippen molar-refractivity contribution in [2.75, 3.05) is 6.54 Å². The molecule has 0 unspecified atom stereocenters. The number of nitrogens with one attached hydrogen (secondary N) is 1. The van der Waals surface area contributed by atoms with Gasteiger partial charge >= 0.3 is 0 Å². The standard InChI is InChI=1S/C15H20F3N/c16-11-9-14(17)13(15(18)10-11)5-3-1-2-4-8-19-12-6-7-12/h9-10,12,19H,1-8H2. The van der Waals surface area contributed by atoms with Crippen LogP contribution >= 0.6 is 0 Å². The van der Waals surface area contributed by atoms with Crippen molar-refractivity contribution in [2.45, 2.75) is 51.0 Å². The van der Waals surface area contributed by atoms with E-state index in [1.807, 2.05) is 0 Å². The Morgan fingerprint density at radius 2 is 1.58 bits per heavy atom. The van der Waals surface area contributed by atoms with Gasteiger partial charge in [0.05, 0.1) is 0 Å². The Kier molecular flexibility index (Phi) is 5.25. The fraction of sp³-hybridized carbons (Fsp3) is 0.600. The molecule has 0 bridgehead atoms. The van der Waals surface area contributed by atoms with Crippen LogP contribution in [0.15, 0.2) is 12.1 Å². The Hall–Kier alpha value is -1.03. The van der Waals surface area contributed by atoms with E-state index in [-0.39, 0.29) is 5.56 Å². The van der Waals surface area contributed by atoms with E-state index in [0.29, 0.717) is 6.42 Å². The summed E-state index contributed by atoms with van der Waals surface area (Å²) in [6.45, 7) is 1.03. The molecular formula is C15H20F3N. The van der Waals surface area contributed by atoms with Crippen LogP contribution in [0.2, 0.25) is 0 Å². The van der Waals surface area contributed by atoms with Gasteiger partial charge in [-0.2, -0.15) is 0 Å². The number of hydrogen-bond donors (Lipinski definition) is 1. The normalized spacial score (nSPS) is 14.9.